The fraction of sp³-hybridized carbons (Fsp3) is 0.714. The second-order valence-corrected chi connectivity index (χ2v) is 14.4. The van der Waals surface area contributed by atoms with Gasteiger partial charge in [0, 0.05) is 62.6 Å². The second kappa shape index (κ2) is 11.7. The second-order valence-electron chi connectivity index (χ2n) is 14.4. The lowest BCUT2D eigenvalue weighted by molar-refractivity contribution is -0.0425. The molecule has 0 N–H and O–H groups in total. The van der Waals surface area contributed by atoms with Crippen molar-refractivity contribution in [1.82, 2.24) is 28.9 Å². The van der Waals surface area contributed by atoms with E-state index in [-0.39, 0.29) is 0 Å². The van der Waals surface area contributed by atoms with E-state index in [1.54, 1.807) is 0 Å². The zero-order valence-corrected chi connectivity index (χ0v) is 25.6. The van der Waals surface area contributed by atoms with Crippen LogP contribution in [-0.2, 0) is 24.8 Å². The number of nitrogens with zero attached hydrogens (tertiary/aromatic N) is 6. The van der Waals surface area contributed by atoms with Gasteiger partial charge in [-0.25, -0.2) is 9.97 Å². The quantitative estimate of drug-likeness (QED) is 0.357. The van der Waals surface area contributed by atoms with Crippen LogP contribution < -0.4 is 0 Å². The molecule has 3 saturated heterocycles. The maximum Gasteiger partial charge on any atom is 0.122 e. The van der Waals surface area contributed by atoms with E-state index in [4.69, 9.17) is 9.72 Å². The summed E-state index contributed by atoms with van der Waals surface area (Å²) in [7, 11) is 2.10. The lowest BCUT2D eigenvalue weighted by Gasteiger charge is -2.54. The highest BCUT2D eigenvalue weighted by Crippen LogP contribution is 2.47. The van der Waals surface area contributed by atoms with E-state index in [9.17, 15) is 0 Å². The summed E-state index contributed by atoms with van der Waals surface area (Å²) in [6.45, 7) is 3.37. The van der Waals surface area contributed by atoms with E-state index in [1.807, 2.05) is 6.20 Å². The molecule has 0 amide bonds. The minimum absolute atomic E-state index is 0.316. The van der Waals surface area contributed by atoms with Crippen molar-refractivity contribution in [3.05, 3.63) is 48.3 Å². The summed E-state index contributed by atoms with van der Waals surface area (Å²) in [5.74, 6) is 4.37. The molecule has 2 saturated carbocycles. The van der Waals surface area contributed by atoms with Crippen molar-refractivity contribution >= 4 is 11.0 Å². The molecule has 42 heavy (non-hydrogen) atoms. The van der Waals surface area contributed by atoms with Crippen LogP contribution in [0, 0.1) is 11.8 Å². The van der Waals surface area contributed by atoms with Gasteiger partial charge in [-0.15, -0.1) is 0 Å². The highest BCUT2D eigenvalue weighted by atomic mass is 16.5. The number of rotatable bonds is 6. The number of fused-ring (bicyclic) bond motifs is 5. The van der Waals surface area contributed by atoms with Gasteiger partial charge in [0.2, 0.25) is 0 Å². The Kier molecular flexibility index (Phi) is 7.62. The highest BCUT2D eigenvalue weighted by Gasteiger charge is 2.45. The Balaban J connectivity index is 1.06. The first kappa shape index (κ1) is 27.3. The van der Waals surface area contributed by atoms with Gasteiger partial charge in [0.25, 0.3) is 0 Å². The van der Waals surface area contributed by atoms with E-state index in [1.165, 1.54) is 88.4 Å². The third kappa shape index (κ3) is 5.24. The number of aromatic nitrogens is 4. The molecule has 7 heteroatoms. The number of aryl methyl sites for hydroxylation is 1. The van der Waals surface area contributed by atoms with Crippen molar-refractivity contribution < 1.29 is 4.74 Å². The first-order valence-electron chi connectivity index (χ1n) is 17.2. The number of imidazole rings is 2. The van der Waals surface area contributed by atoms with E-state index >= 15 is 0 Å². The smallest absolute Gasteiger partial charge is 0.122 e. The molecule has 0 unspecified atom stereocenters. The summed E-state index contributed by atoms with van der Waals surface area (Å²) in [5, 5.41) is 0. The fourth-order valence-electron chi connectivity index (χ4n) is 9.98. The predicted octanol–water partition coefficient (Wildman–Crippen LogP) is 6.13. The van der Waals surface area contributed by atoms with Gasteiger partial charge >= 0.3 is 0 Å². The molecule has 5 heterocycles. The largest absolute Gasteiger partial charge is 0.378 e. The lowest BCUT2D eigenvalue weighted by Crippen LogP contribution is -2.58. The summed E-state index contributed by atoms with van der Waals surface area (Å²) in [5.41, 5.74) is 2.49. The molecule has 2 aliphatic carbocycles. The summed E-state index contributed by atoms with van der Waals surface area (Å²) in [6.07, 6.45) is 22.0. The molecule has 5 fully saturated rings. The molecule has 226 valence electrons. The molecule has 0 spiro atoms. The average molecular weight is 571 g/mol. The molecule has 7 nitrogen and oxygen atoms in total. The number of morpholine rings is 1. The Bertz CT molecular complexity index is 1340. The van der Waals surface area contributed by atoms with Gasteiger partial charge in [-0.1, -0.05) is 44.2 Å². The maximum absolute atomic E-state index is 6.06. The Morgan fingerprint density at radius 3 is 2.38 bits per heavy atom. The number of benzene rings is 1. The molecule has 7 atom stereocenters. The normalized spacial score (nSPS) is 34.5. The van der Waals surface area contributed by atoms with Gasteiger partial charge in [-0.05, 0) is 68.9 Å². The molecule has 3 aliphatic heterocycles. The summed E-state index contributed by atoms with van der Waals surface area (Å²) in [4.78, 5) is 15.6. The predicted molar refractivity (Wildman–Crippen MR) is 166 cm³/mol. The van der Waals surface area contributed by atoms with Crippen molar-refractivity contribution in [3.8, 4) is 0 Å². The molecule has 2 aromatic heterocycles. The van der Waals surface area contributed by atoms with Crippen molar-refractivity contribution in [2.45, 2.75) is 120 Å². The van der Waals surface area contributed by atoms with Crippen LogP contribution in [0.25, 0.3) is 11.0 Å². The monoisotopic (exact) mass is 570 g/mol. The van der Waals surface area contributed by atoms with Crippen molar-refractivity contribution in [2.75, 3.05) is 19.8 Å². The van der Waals surface area contributed by atoms with E-state index in [0.717, 1.165) is 74.0 Å². The van der Waals surface area contributed by atoms with Crippen LogP contribution in [0.1, 0.15) is 94.7 Å². The Labute approximate surface area is 251 Å². The van der Waals surface area contributed by atoms with E-state index < -0.39 is 0 Å². The minimum atomic E-state index is 0.316. The van der Waals surface area contributed by atoms with Crippen LogP contribution in [0.15, 0.2) is 36.7 Å². The van der Waals surface area contributed by atoms with Gasteiger partial charge in [0.05, 0.1) is 30.8 Å². The summed E-state index contributed by atoms with van der Waals surface area (Å²) >= 11 is 0. The van der Waals surface area contributed by atoms with Crippen molar-refractivity contribution in [1.29, 1.82) is 0 Å². The summed E-state index contributed by atoms with van der Waals surface area (Å²) < 4.78 is 10.9. The number of para-hydroxylation sites is 2. The zero-order valence-electron chi connectivity index (χ0n) is 25.6. The number of piperidine rings is 2. The zero-order chi connectivity index (χ0) is 28.0. The number of hydrogen-bond donors (Lipinski definition) is 0. The first-order valence-corrected chi connectivity index (χ1v) is 17.2. The third-order valence-corrected chi connectivity index (χ3v) is 11.8. The molecular weight excluding hydrogens is 520 g/mol. The molecule has 4 bridgehead atoms. The Hall–Kier alpha value is -2.22. The van der Waals surface area contributed by atoms with Crippen LogP contribution in [0.4, 0.5) is 0 Å². The van der Waals surface area contributed by atoms with Gasteiger partial charge in [0.15, 0.2) is 0 Å². The SMILES string of the molecule is Cn1ccnc1CN1CCOC[C@H]1Cc1nc2ccccc2n1[C@H]1C[C@H]2CCC[C@@H](C1)N2[C@@H]1C[C@@H]2CCCC[C@@H](C2)C1. The van der Waals surface area contributed by atoms with Crippen molar-refractivity contribution in [2.24, 2.45) is 18.9 Å². The standard InChI is InChI=1S/C35H50N6O/c1-38-14-13-36-35(38)23-39-15-16-42-24-31(39)22-34-37-32-11-4-5-12-33(32)41(34)30-20-27-9-6-10-28(21-30)40(27)29-18-25-7-2-3-8-26(17-25)19-29/h4-5,11-14,25-31H,2-3,6-10,15-24H2,1H3/t25-,26+,27-,28+,29-,30+,31-/m1/s1. The van der Waals surface area contributed by atoms with E-state index in [0.29, 0.717) is 12.1 Å². The molecule has 8 rings (SSSR count). The average Bonchev–Trinajstić information content (AvgIpc) is 3.52. The van der Waals surface area contributed by atoms with Crippen LogP contribution >= 0.6 is 0 Å². The lowest BCUT2D eigenvalue weighted by atomic mass is 9.73. The number of ether oxygens (including phenoxy) is 1. The first-order chi connectivity index (χ1) is 20.7. The van der Waals surface area contributed by atoms with Crippen LogP contribution in [0.3, 0.4) is 0 Å². The van der Waals surface area contributed by atoms with Crippen LogP contribution in [0.2, 0.25) is 0 Å². The maximum atomic E-state index is 6.06. The Morgan fingerprint density at radius 1 is 0.833 bits per heavy atom. The van der Waals surface area contributed by atoms with Crippen LogP contribution in [0.5, 0.6) is 0 Å². The van der Waals surface area contributed by atoms with E-state index in [2.05, 4.69) is 61.4 Å². The Morgan fingerprint density at radius 2 is 1.62 bits per heavy atom. The van der Waals surface area contributed by atoms with Crippen LogP contribution in [-0.4, -0.2) is 72.8 Å². The van der Waals surface area contributed by atoms with Gasteiger partial charge in [0.1, 0.15) is 11.6 Å². The molecule has 0 radical (unpaired) electrons. The highest BCUT2D eigenvalue weighted by molar-refractivity contribution is 5.76. The van der Waals surface area contributed by atoms with Crippen molar-refractivity contribution in [3.63, 3.8) is 0 Å². The molecule has 1 aromatic carbocycles. The molecular formula is C35H50N6O. The topological polar surface area (TPSA) is 51.4 Å². The fourth-order valence-corrected chi connectivity index (χ4v) is 9.98. The summed E-state index contributed by atoms with van der Waals surface area (Å²) in [6, 6.07) is 12.1. The van der Waals surface area contributed by atoms with Gasteiger partial charge in [-0.2, -0.15) is 0 Å². The third-order valence-electron chi connectivity index (χ3n) is 11.8. The molecule has 3 aromatic rings. The minimum Gasteiger partial charge on any atom is -0.378 e. The molecule has 5 aliphatic rings. The van der Waals surface area contributed by atoms with Gasteiger partial charge < -0.3 is 13.9 Å². The number of hydrogen-bond acceptors (Lipinski definition) is 5. The van der Waals surface area contributed by atoms with Gasteiger partial charge in [-0.3, -0.25) is 9.80 Å².